The number of ether oxygens (including phenoxy) is 1. The minimum absolute atomic E-state index is 0.0502. The van der Waals surface area contributed by atoms with E-state index in [1.54, 1.807) is 0 Å². The van der Waals surface area contributed by atoms with Gasteiger partial charge in [0, 0.05) is 19.2 Å². The lowest BCUT2D eigenvalue weighted by Crippen LogP contribution is -2.25. The van der Waals surface area contributed by atoms with Crippen molar-refractivity contribution in [2.75, 3.05) is 31.6 Å². The van der Waals surface area contributed by atoms with Gasteiger partial charge in [-0.15, -0.1) is 0 Å². The maximum absolute atomic E-state index is 11.0. The summed E-state index contributed by atoms with van der Waals surface area (Å²) >= 11 is 0. The highest BCUT2D eigenvalue weighted by atomic mass is 16.5. The van der Waals surface area contributed by atoms with Gasteiger partial charge in [-0.3, -0.25) is 9.69 Å². The van der Waals surface area contributed by atoms with E-state index in [0.717, 1.165) is 30.2 Å². The molecule has 1 aliphatic heterocycles. The van der Waals surface area contributed by atoms with Crippen LogP contribution in [0.1, 0.15) is 25.3 Å². The predicted molar refractivity (Wildman–Crippen MR) is 76.7 cm³/mol. The Labute approximate surface area is 114 Å². The summed E-state index contributed by atoms with van der Waals surface area (Å²) < 4.78 is 5.75. The molecule has 0 unspecified atom stereocenters. The van der Waals surface area contributed by atoms with Crippen molar-refractivity contribution in [3.05, 3.63) is 23.8 Å². The maximum atomic E-state index is 11.0. The van der Waals surface area contributed by atoms with Gasteiger partial charge in [0.15, 0.2) is 0 Å². The lowest BCUT2D eigenvalue weighted by Gasteiger charge is -2.15. The van der Waals surface area contributed by atoms with Gasteiger partial charge in [0.1, 0.15) is 12.4 Å². The molecule has 0 aromatic heterocycles. The Kier molecular flexibility index (Phi) is 4.80. The van der Waals surface area contributed by atoms with Crippen LogP contribution in [0.3, 0.4) is 0 Å². The van der Waals surface area contributed by atoms with E-state index in [1.165, 1.54) is 32.9 Å². The Morgan fingerprint density at radius 2 is 2.11 bits per heavy atom. The standard InChI is InChI=1S/C15H22N2O2/c1-12-11-14(5-6-15(12)16-13(2)18)19-10-9-17-7-3-4-8-17/h5-6,11H,3-4,7-10H2,1-2H3,(H,16,18). The summed E-state index contributed by atoms with van der Waals surface area (Å²) in [6, 6.07) is 5.76. The zero-order valence-corrected chi connectivity index (χ0v) is 11.7. The largest absolute Gasteiger partial charge is 0.492 e. The summed E-state index contributed by atoms with van der Waals surface area (Å²) in [4.78, 5) is 13.5. The van der Waals surface area contributed by atoms with Crippen LogP contribution in [0.5, 0.6) is 5.75 Å². The molecule has 1 N–H and O–H groups in total. The molecule has 1 aromatic carbocycles. The van der Waals surface area contributed by atoms with Crippen molar-refractivity contribution in [1.82, 2.24) is 4.90 Å². The third kappa shape index (κ3) is 4.24. The van der Waals surface area contributed by atoms with E-state index >= 15 is 0 Å². The molecule has 1 aliphatic rings. The number of aryl methyl sites for hydroxylation is 1. The van der Waals surface area contributed by atoms with E-state index in [-0.39, 0.29) is 5.91 Å². The van der Waals surface area contributed by atoms with Gasteiger partial charge in [0.05, 0.1) is 0 Å². The molecule has 0 radical (unpaired) electrons. The normalized spacial score (nSPS) is 15.5. The van der Waals surface area contributed by atoms with Crippen LogP contribution in [0.25, 0.3) is 0 Å². The van der Waals surface area contributed by atoms with Gasteiger partial charge in [0.25, 0.3) is 0 Å². The zero-order valence-electron chi connectivity index (χ0n) is 11.7. The minimum Gasteiger partial charge on any atom is -0.492 e. The molecule has 1 fully saturated rings. The molecule has 4 nitrogen and oxygen atoms in total. The topological polar surface area (TPSA) is 41.6 Å². The van der Waals surface area contributed by atoms with Crippen LogP contribution in [0.2, 0.25) is 0 Å². The van der Waals surface area contributed by atoms with Crippen LogP contribution in [-0.4, -0.2) is 37.0 Å². The van der Waals surface area contributed by atoms with Gasteiger partial charge in [-0.1, -0.05) is 0 Å². The van der Waals surface area contributed by atoms with Crippen molar-refractivity contribution < 1.29 is 9.53 Å². The Hall–Kier alpha value is -1.55. The third-order valence-electron chi connectivity index (χ3n) is 3.38. The fourth-order valence-corrected chi connectivity index (χ4v) is 2.35. The molecule has 0 atom stereocenters. The van der Waals surface area contributed by atoms with Gasteiger partial charge in [-0.2, -0.15) is 0 Å². The van der Waals surface area contributed by atoms with Crippen molar-refractivity contribution in [1.29, 1.82) is 0 Å². The molecule has 0 bridgehead atoms. The van der Waals surface area contributed by atoms with Crippen molar-refractivity contribution in [3.8, 4) is 5.75 Å². The van der Waals surface area contributed by atoms with Crippen LogP contribution in [0.15, 0.2) is 18.2 Å². The molecule has 0 aliphatic carbocycles. The Morgan fingerprint density at radius 1 is 1.37 bits per heavy atom. The van der Waals surface area contributed by atoms with E-state index in [2.05, 4.69) is 10.2 Å². The summed E-state index contributed by atoms with van der Waals surface area (Å²) in [5.74, 6) is 0.816. The molecule has 19 heavy (non-hydrogen) atoms. The van der Waals surface area contributed by atoms with E-state index in [4.69, 9.17) is 4.74 Å². The SMILES string of the molecule is CC(=O)Nc1ccc(OCCN2CCCC2)cc1C. The van der Waals surface area contributed by atoms with Gasteiger partial charge in [-0.25, -0.2) is 0 Å². The Morgan fingerprint density at radius 3 is 2.74 bits per heavy atom. The number of nitrogens with one attached hydrogen (secondary N) is 1. The smallest absolute Gasteiger partial charge is 0.221 e. The number of carbonyl (C=O) groups is 1. The summed E-state index contributed by atoms with van der Waals surface area (Å²) in [5.41, 5.74) is 1.87. The second kappa shape index (κ2) is 6.57. The third-order valence-corrected chi connectivity index (χ3v) is 3.38. The van der Waals surface area contributed by atoms with Gasteiger partial charge in [0.2, 0.25) is 5.91 Å². The fraction of sp³-hybridized carbons (Fsp3) is 0.533. The average molecular weight is 262 g/mol. The first-order chi connectivity index (χ1) is 9.15. The summed E-state index contributed by atoms with van der Waals surface area (Å²) in [5, 5.41) is 2.80. The number of benzene rings is 1. The first-order valence-corrected chi connectivity index (χ1v) is 6.88. The quantitative estimate of drug-likeness (QED) is 0.886. The molecule has 104 valence electrons. The van der Waals surface area contributed by atoms with Crippen LogP contribution in [0.4, 0.5) is 5.69 Å². The average Bonchev–Trinajstić information content (AvgIpc) is 2.85. The highest BCUT2D eigenvalue weighted by Gasteiger charge is 2.10. The number of rotatable bonds is 5. The summed E-state index contributed by atoms with van der Waals surface area (Å²) in [6.45, 7) is 7.59. The molecule has 2 rings (SSSR count). The second-order valence-electron chi connectivity index (χ2n) is 5.06. The first kappa shape index (κ1) is 13.9. The Balaban J connectivity index is 1.83. The molecular formula is C15H22N2O2. The van der Waals surface area contributed by atoms with E-state index in [1.807, 2.05) is 25.1 Å². The van der Waals surface area contributed by atoms with Gasteiger partial charge < -0.3 is 10.1 Å². The van der Waals surface area contributed by atoms with Crippen LogP contribution in [0, 0.1) is 6.92 Å². The summed E-state index contributed by atoms with van der Waals surface area (Å²) in [6.07, 6.45) is 2.62. The van der Waals surface area contributed by atoms with E-state index in [9.17, 15) is 4.79 Å². The number of nitrogens with zero attached hydrogens (tertiary/aromatic N) is 1. The number of anilines is 1. The molecule has 0 spiro atoms. The molecule has 1 aromatic rings. The highest BCUT2D eigenvalue weighted by molar-refractivity contribution is 5.89. The number of carbonyl (C=O) groups excluding carboxylic acids is 1. The molecular weight excluding hydrogens is 240 g/mol. The number of amides is 1. The minimum atomic E-state index is -0.0502. The second-order valence-corrected chi connectivity index (χ2v) is 5.06. The molecule has 1 heterocycles. The van der Waals surface area contributed by atoms with Crippen molar-refractivity contribution >= 4 is 11.6 Å². The molecule has 4 heteroatoms. The lowest BCUT2D eigenvalue weighted by atomic mass is 10.2. The monoisotopic (exact) mass is 262 g/mol. The fourth-order valence-electron chi connectivity index (χ4n) is 2.35. The number of hydrogen-bond donors (Lipinski definition) is 1. The number of hydrogen-bond acceptors (Lipinski definition) is 3. The molecule has 0 saturated carbocycles. The van der Waals surface area contributed by atoms with Crippen LogP contribution < -0.4 is 10.1 Å². The van der Waals surface area contributed by atoms with E-state index < -0.39 is 0 Å². The van der Waals surface area contributed by atoms with Crippen molar-refractivity contribution in [2.45, 2.75) is 26.7 Å². The van der Waals surface area contributed by atoms with Crippen LogP contribution >= 0.6 is 0 Å². The Bertz CT molecular complexity index is 440. The van der Waals surface area contributed by atoms with Gasteiger partial charge >= 0.3 is 0 Å². The van der Waals surface area contributed by atoms with Crippen molar-refractivity contribution in [3.63, 3.8) is 0 Å². The predicted octanol–water partition coefficient (Wildman–Crippen LogP) is 2.43. The maximum Gasteiger partial charge on any atom is 0.221 e. The van der Waals surface area contributed by atoms with Gasteiger partial charge in [-0.05, 0) is 56.6 Å². The number of likely N-dealkylation sites (tertiary alicyclic amines) is 1. The lowest BCUT2D eigenvalue weighted by molar-refractivity contribution is -0.114. The first-order valence-electron chi connectivity index (χ1n) is 6.88. The zero-order chi connectivity index (χ0) is 13.7. The highest BCUT2D eigenvalue weighted by Crippen LogP contribution is 2.21. The molecule has 1 amide bonds. The van der Waals surface area contributed by atoms with Crippen molar-refractivity contribution in [2.24, 2.45) is 0 Å². The van der Waals surface area contributed by atoms with E-state index in [0.29, 0.717) is 0 Å². The summed E-state index contributed by atoms with van der Waals surface area (Å²) in [7, 11) is 0. The molecule has 1 saturated heterocycles. The van der Waals surface area contributed by atoms with Crippen LogP contribution in [-0.2, 0) is 4.79 Å².